The van der Waals surface area contributed by atoms with Gasteiger partial charge < -0.3 is 16.0 Å². The van der Waals surface area contributed by atoms with Gasteiger partial charge in [-0.25, -0.2) is 4.98 Å². The summed E-state index contributed by atoms with van der Waals surface area (Å²) in [5.74, 6) is -0.0307. The summed E-state index contributed by atoms with van der Waals surface area (Å²) in [4.78, 5) is 31.5. The number of nitrogens with two attached hydrogens (primary N) is 1. The lowest BCUT2D eigenvalue weighted by Crippen LogP contribution is -2.16. The van der Waals surface area contributed by atoms with Crippen LogP contribution in [-0.2, 0) is 11.2 Å². The third-order valence-corrected chi connectivity index (χ3v) is 4.08. The highest BCUT2D eigenvalue weighted by atomic mass is 35.5. The fourth-order valence-electron chi connectivity index (χ4n) is 2.68. The van der Waals surface area contributed by atoms with E-state index in [1.807, 2.05) is 12.2 Å². The Kier molecular flexibility index (Phi) is 4.66. The fraction of sp³-hybridized carbons (Fsp3) is 0.235. The molecule has 0 fully saturated rings. The molecule has 1 aliphatic rings. The van der Waals surface area contributed by atoms with Crippen molar-refractivity contribution in [1.29, 1.82) is 0 Å². The van der Waals surface area contributed by atoms with Gasteiger partial charge in [0.25, 0.3) is 0 Å². The number of hydrogen-bond donors (Lipinski definition) is 3. The van der Waals surface area contributed by atoms with Crippen molar-refractivity contribution in [3.05, 3.63) is 46.9 Å². The lowest BCUT2D eigenvalue weighted by Gasteiger charge is -2.13. The summed E-state index contributed by atoms with van der Waals surface area (Å²) in [6.07, 6.45) is 6.48. The number of imidazole rings is 1. The van der Waals surface area contributed by atoms with Crippen molar-refractivity contribution < 1.29 is 9.59 Å². The maximum atomic E-state index is 12.2. The first-order valence-electron chi connectivity index (χ1n) is 7.68. The molecule has 0 aliphatic carbocycles. The molecule has 24 heavy (non-hydrogen) atoms. The van der Waals surface area contributed by atoms with E-state index in [4.69, 9.17) is 17.3 Å². The van der Waals surface area contributed by atoms with E-state index in [-0.39, 0.29) is 11.5 Å². The predicted octanol–water partition coefficient (Wildman–Crippen LogP) is 3.05. The molecule has 0 spiro atoms. The number of aromatic amines is 1. The Bertz CT molecular complexity index is 826. The van der Waals surface area contributed by atoms with E-state index in [1.54, 1.807) is 18.2 Å². The summed E-state index contributed by atoms with van der Waals surface area (Å²) in [5.41, 5.74) is 7.09. The number of benzene rings is 1. The van der Waals surface area contributed by atoms with E-state index in [0.717, 1.165) is 12.2 Å². The van der Waals surface area contributed by atoms with Crippen molar-refractivity contribution in [2.75, 3.05) is 5.32 Å². The number of nitrogens with zero attached hydrogens (tertiary/aromatic N) is 1. The number of aryl methyl sites for hydroxylation is 1. The number of halogens is 1. The minimum atomic E-state index is -0.604. The minimum Gasteiger partial charge on any atom is -0.366 e. The fourth-order valence-corrected chi connectivity index (χ4v) is 2.93. The number of carbonyl (C=O) groups excluding carboxylic acids is 2. The molecule has 7 heteroatoms. The normalized spacial score (nSPS) is 16.1. The number of H-pyrrole nitrogens is 1. The topological polar surface area (TPSA) is 101 Å². The van der Waals surface area contributed by atoms with E-state index < -0.39 is 5.91 Å². The molecule has 1 aromatic heterocycles. The van der Waals surface area contributed by atoms with Gasteiger partial charge in [0.1, 0.15) is 16.7 Å². The molecule has 0 atom stereocenters. The summed E-state index contributed by atoms with van der Waals surface area (Å²) in [7, 11) is 0. The third kappa shape index (κ3) is 3.33. The molecular weight excluding hydrogens is 328 g/mol. The van der Waals surface area contributed by atoms with E-state index in [0.29, 0.717) is 41.4 Å². The second kappa shape index (κ2) is 6.88. The molecule has 124 valence electrons. The Hall–Kier alpha value is -2.60. The summed E-state index contributed by atoms with van der Waals surface area (Å²) >= 11 is 6.29. The quantitative estimate of drug-likeness (QED) is 0.693. The number of allylic oxidation sites excluding steroid dienone is 2. The van der Waals surface area contributed by atoms with Crippen molar-refractivity contribution in [1.82, 2.24) is 9.97 Å². The molecule has 4 N–H and O–H groups in total. The molecule has 3 rings (SSSR count). The van der Waals surface area contributed by atoms with E-state index in [2.05, 4.69) is 15.3 Å². The van der Waals surface area contributed by atoms with Gasteiger partial charge in [0.2, 0.25) is 11.8 Å². The smallest absolute Gasteiger partial charge is 0.249 e. The highest BCUT2D eigenvalue weighted by Gasteiger charge is 2.21. The molecule has 0 saturated carbocycles. The highest BCUT2D eigenvalue weighted by Crippen LogP contribution is 2.35. The first-order valence-corrected chi connectivity index (χ1v) is 8.06. The minimum absolute atomic E-state index is 0.145. The number of rotatable bonds is 1. The molecule has 0 unspecified atom stereocenters. The molecule has 2 heterocycles. The SMILES string of the molecule is NC(=O)c1cccc2c1-c1nc([nH]c1Cl)CC/C=C/CCC(=O)N2. The Morgan fingerprint density at radius 1 is 1.21 bits per heavy atom. The molecule has 6 nitrogen and oxygen atoms in total. The zero-order valence-corrected chi connectivity index (χ0v) is 13.7. The lowest BCUT2D eigenvalue weighted by atomic mass is 10.0. The Balaban J connectivity index is 2.18. The second-order valence-electron chi connectivity index (χ2n) is 5.54. The van der Waals surface area contributed by atoms with Gasteiger partial charge in [-0.3, -0.25) is 9.59 Å². The van der Waals surface area contributed by atoms with Crippen LogP contribution in [0.3, 0.4) is 0 Å². The molecule has 2 amide bonds. The van der Waals surface area contributed by atoms with Crippen LogP contribution in [0.25, 0.3) is 11.3 Å². The molecule has 2 aromatic rings. The molecular formula is C17H17ClN4O2. The average Bonchev–Trinajstić information content (AvgIpc) is 2.90. The van der Waals surface area contributed by atoms with Crippen LogP contribution in [-0.4, -0.2) is 21.8 Å². The van der Waals surface area contributed by atoms with Crippen molar-refractivity contribution in [3.8, 4) is 11.3 Å². The Labute approximate surface area is 144 Å². The number of fused-ring (bicyclic) bond motifs is 4. The van der Waals surface area contributed by atoms with Gasteiger partial charge >= 0.3 is 0 Å². The summed E-state index contributed by atoms with van der Waals surface area (Å²) in [6.45, 7) is 0. The van der Waals surface area contributed by atoms with Crippen LogP contribution in [0.2, 0.25) is 5.15 Å². The largest absolute Gasteiger partial charge is 0.366 e. The van der Waals surface area contributed by atoms with Gasteiger partial charge in [-0.1, -0.05) is 29.8 Å². The summed E-state index contributed by atoms with van der Waals surface area (Å²) < 4.78 is 0. The first kappa shape index (κ1) is 16.3. The number of hydrogen-bond acceptors (Lipinski definition) is 3. The Morgan fingerprint density at radius 3 is 2.71 bits per heavy atom. The van der Waals surface area contributed by atoms with Crippen LogP contribution in [0.4, 0.5) is 5.69 Å². The summed E-state index contributed by atoms with van der Waals surface area (Å²) in [5, 5.41) is 3.14. The van der Waals surface area contributed by atoms with Crippen molar-refractivity contribution in [2.24, 2.45) is 5.73 Å². The molecule has 0 saturated heterocycles. The van der Waals surface area contributed by atoms with Crippen LogP contribution < -0.4 is 11.1 Å². The standard InChI is InChI=1S/C17H17ClN4O2/c18-16-15-14-10(17(19)24)6-5-7-11(14)20-13(23)9-4-2-1-3-8-12(21-15)22-16/h1-2,5-7H,3-4,8-9H2,(H2,19,24)(H,20,23)(H,21,22)/b2-1+. The summed E-state index contributed by atoms with van der Waals surface area (Å²) in [6, 6.07) is 4.97. The number of primary amides is 1. The van der Waals surface area contributed by atoms with E-state index in [9.17, 15) is 9.59 Å². The molecule has 1 aromatic carbocycles. The van der Waals surface area contributed by atoms with Crippen LogP contribution in [0.15, 0.2) is 30.4 Å². The van der Waals surface area contributed by atoms with Crippen LogP contribution in [0.5, 0.6) is 0 Å². The van der Waals surface area contributed by atoms with Gasteiger partial charge in [0.15, 0.2) is 0 Å². The van der Waals surface area contributed by atoms with Crippen molar-refractivity contribution in [2.45, 2.75) is 25.7 Å². The van der Waals surface area contributed by atoms with E-state index >= 15 is 0 Å². The van der Waals surface area contributed by atoms with Gasteiger partial charge in [0, 0.05) is 18.4 Å². The number of amides is 2. The highest BCUT2D eigenvalue weighted by molar-refractivity contribution is 6.32. The average molecular weight is 345 g/mol. The predicted molar refractivity (Wildman–Crippen MR) is 92.9 cm³/mol. The zero-order valence-electron chi connectivity index (χ0n) is 12.9. The molecule has 1 aliphatic heterocycles. The maximum absolute atomic E-state index is 12.2. The number of anilines is 1. The van der Waals surface area contributed by atoms with Gasteiger partial charge in [0.05, 0.1) is 11.3 Å². The first-order chi connectivity index (χ1) is 11.6. The zero-order chi connectivity index (χ0) is 17.1. The van der Waals surface area contributed by atoms with Crippen molar-refractivity contribution >= 4 is 29.1 Å². The van der Waals surface area contributed by atoms with Gasteiger partial charge in [-0.15, -0.1) is 0 Å². The lowest BCUT2D eigenvalue weighted by molar-refractivity contribution is -0.116. The molecule has 0 radical (unpaired) electrons. The van der Waals surface area contributed by atoms with Gasteiger partial charge in [-0.05, 0) is 25.0 Å². The van der Waals surface area contributed by atoms with Crippen LogP contribution >= 0.6 is 11.6 Å². The Morgan fingerprint density at radius 2 is 1.96 bits per heavy atom. The van der Waals surface area contributed by atoms with Crippen LogP contribution in [0, 0.1) is 0 Å². The van der Waals surface area contributed by atoms with Gasteiger partial charge in [-0.2, -0.15) is 0 Å². The monoisotopic (exact) mass is 344 g/mol. The second-order valence-corrected chi connectivity index (χ2v) is 5.91. The van der Waals surface area contributed by atoms with Crippen LogP contribution in [0.1, 0.15) is 35.4 Å². The van der Waals surface area contributed by atoms with E-state index in [1.165, 1.54) is 0 Å². The maximum Gasteiger partial charge on any atom is 0.249 e. The van der Waals surface area contributed by atoms with Crippen molar-refractivity contribution in [3.63, 3.8) is 0 Å². The number of nitrogens with one attached hydrogen (secondary N) is 2. The molecule has 2 bridgehead atoms. The third-order valence-electron chi connectivity index (χ3n) is 3.80. The number of carbonyl (C=O) groups is 2. The number of aromatic nitrogens is 2.